The first kappa shape index (κ1) is 11.8. The lowest BCUT2D eigenvalue weighted by atomic mass is 10.2. The lowest BCUT2D eigenvalue weighted by Gasteiger charge is -2.12. The number of ether oxygens (including phenoxy) is 1. The minimum absolute atomic E-state index is 0.593. The summed E-state index contributed by atoms with van der Waals surface area (Å²) in [5, 5.41) is 3.28. The van der Waals surface area contributed by atoms with Crippen molar-refractivity contribution in [3.8, 4) is 5.88 Å². The van der Waals surface area contributed by atoms with E-state index in [0.29, 0.717) is 18.4 Å². The van der Waals surface area contributed by atoms with Crippen LogP contribution in [0.1, 0.15) is 26.3 Å². The molecule has 1 heterocycles. The van der Waals surface area contributed by atoms with E-state index in [4.69, 9.17) is 4.74 Å². The number of nitrogens with zero attached hydrogens (tertiary/aromatic N) is 2. The Kier molecular flexibility index (Phi) is 4.34. The smallest absolute Gasteiger partial charge is 0.221 e. The van der Waals surface area contributed by atoms with Gasteiger partial charge in [0.15, 0.2) is 0 Å². The number of hydrogen-bond donors (Lipinski definition) is 1. The first-order valence-corrected chi connectivity index (χ1v) is 5.33. The van der Waals surface area contributed by atoms with Crippen LogP contribution in [-0.2, 0) is 0 Å². The third-order valence-electron chi connectivity index (χ3n) is 2.00. The van der Waals surface area contributed by atoms with E-state index in [1.807, 2.05) is 13.8 Å². The summed E-state index contributed by atoms with van der Waals surface area (Å²) >= 11 is 0. The van der Waals surface area contributed by atoms with Crippen LogP contribution in [0.25, 0.3) is 0 Å². The average Bonchev–Trinajstić information content (AvgIpc) is 2.19. The van der Waals surface area contributed by atoms with Crippen LogP contribution in [0.4, 0.5) is 5.82 Å². The Labute approximate surface area is 91.1 Å². The summed E-state index contributed by atoms with van der Waals surface area (Å²) in [5.41, 5.74) is 0.972. The Morgan fingerprint density at radius 1 is 1.40 bits per heavy atom. The van der Waals surface area contributed by atoms with Gasteiger partial charge in [0.1, 0.15) is 12.1 Å². The fourth-order valence-electron chi connectivity index (χ4n) is 1.20. The zero-order chi connectivity index (χ0) is 11.3. The summed E-state index contributed by atoms with van der Waals surface area (Å²) in [5.74, 6) is 2.12. The second-order valence-electron chi connectivity index (χ2n) is 3.86. The zero-order valence-corrected chi connectivity index (χ0v) is 9.87. The number of hydrogen-bond acceptors (Lipinski definition) is 4. The fourth-order valence-corrected chi connectivity index (χ4v) is 1.20. The van der Waals surface area contributed by atoms with Crippen molar-refractivity contribution >= 4 is 5.82 Å². The summed E-state index contributed by atoms with van der Waals surface area (Å²) < 4.78 is 5.39. The molecule has 0 aliphatic rings. The number of nitrogens with one attached hydrogen (secondary N) is 1. The molecule has 15 heavy (non-hydrogen) atoms. The van der Waals surface area contributed by atoms with E-state index in [1.165, 1.54) is 6.33 Å². The van der Waals surface area contributed by atoms with Crippen molar-refractivity contribution in [2.24, 2.45) is 5.92 Å². The largest absolute Gasteiger partial charge is 0.478 e. The van der Waals surface area contributed by atoms with Crippen molar-refractivity contribution in [1.82, 2.24) is 9.97 Å². The molecule has 4 nitrogen and oxygen atoms in total. The summed E-state index contributed by atoms with van der Waals surface area (Å²) in [6, 6.07) is 0. The molecule has 1 N–H and O–H groups in total. The van der Waals surface area contributed by atoms with Gasteiger partial charge >= 0.3 is 0 Å². The summed E-state index contributed by atoms with van der Waals surface area (Å²) in [7, 11) is 0. The van der Waals surface area contributed by atoms with Crippen molar-refractivity contribution in [1.29, 1.82) is 0 Å². The van der Waals surface area contributed by atoms with E-state index in [0.717, 1.165) is 17.9 Å². The van der Waals surface area contributed by atoms with Crippen LogP contribution in [0, 0.1) is 12.8 Å². The van der Waals surface area contributed by atoms with Crippen molar-refractivity contribution in [2.45, 2.75) is 27.7 Å². The molecule has 0 amide bonds. The van der Waals surface area contributed by atoms with Gasteiger partial charge in [-0.1, -0.05) is 13.8 Å². The number of rotatable bonds is 5. The summed E-state index contributed by atoms with van der Waals surface area (Å²) in [6.07, 6.45) is 1.53. The van der Waals surface area contributed by atoms with E-state index < -0.39 is 0 Å². The van der Waals surface area contributed by atoms with Gasteiger partial charge in [-0.3, -0.25) is 0 Å². The third kappa shape index (κ3) is 3.38. The minimum atomic E-state index is 0.593. The molecule has 0 radical (unpaired) electrons. The van der Waals surface area contributed by atoms with Crippen molar-refractivity contribution in [2.75, 3.05) is 18.5 Å². The van der Waals surface area contributed by atoms with E-state index >= 15 is 0 Å². The normalized spacial score (nSPS) is 10.5. The molecule has 0 atom stereocenters. The lowest BCUT2D eigenvalue weighted by molar-refractivity contribution is 0.324. The van der Waals surface area contributed by atoms with Crippen LogP contribution in [0.5, 0.6) is 5.88 Å². The molecule has 0 saturated carbocycles. The predicted octanol–water partition coefficient (Wildman–Crippen LogP) is 2.25. The third-order valence-corrected chi connectivity index (χ3v) is 2.00. The summed E-state index contributed by atoms with van der Waals surface area (Å²) in [4.78, 5) is 8.27. The monoisotopic (exact) mass is 209 g/mol. The molecule has 4 heteroatoms. The maximum Gasteiger partial charge on any atom is 0.221 e. The highest BCUT2D eigenvalue weighted by Crippen LogP contribution is 2.20. The number of aromatic nitrogens is 2. The molecule has 0 unspecified atom stereocenters. The van der Waals surface area contributed by atoms with Gasteiger partial charge in [0.05, 0.1) is 12.2 Å². The highest BCUT2D eigenvalue weighted by molar-refractivity contribution is 5.47. The Balaban J connectivity index is 2.75. The molecule has 84 valence electrons. The van der Waals surface area contributed by atoms with Gasteiger partial charge in [-0.05, 0) is 19.8 Å². The molecule has 0 fully saturated rings. The van der Waals surface area contributed by atoms with Crippen LogP contribution >= 0.6 is 0 Å². The SMILES string of the molecule is CCOc1ncnc(NCC(C)C)c1C. The van der Waals surface area contributed by atoms with E-state index in [-0.39, 0.29) is 0 Å². The van der Waals surface area contributed by atoms with Gasteiger partial charge < -0.3 is 10.1 Å². The van der Waals surface area contributed by atoms with Gasteiger partial charge in [0, 0.05) is 6.54 Å². The first-order chi connectivity index (χ1) is 7.15. The van der Waals surface area contributed by atoms with E-state index in [9.17, 15) is 0 Å². The van der Waals surface area contributed by atoms with E-state index in [1.54, 1.807) is 0 Å². The Hall–Kier alpha value is -1.32. The highest BCUT2D eigenvalue weighted by Gasteiger charge is 2.07. The van der Waals surface area contributed by atoms with Gasteiger partial charge in [0.2, 0.25) is 5.88 Å². The molecule has 0 aromatic carbocycles. The first-order valence-electron chi connectivity index (χ1n) is 5.33. The van der Waals surface area contributed by atoms with Gasteiger partial charge in [-0.25, -0.2) is 9.97 Å². The predicted molar refractivity (Wildman–Crippen MR) is 61.3 cm³/mol. The molecule has 0 aliphatic heterocycles. The van der Waals surface area contributed by atoms with Crippen LogP contribution in [0.15, 0.2) is 6.33 Å². The lowest BCUT2D eigenvalue weighted by Crippen LogP contribution is -2.11. The average molecular weight is 209 g/mol. The van der Waals surface area contributed by atoms with Crippen molar-refractivity contribution in [3.05, 3.63) is 11.9 Å². The molecular formula is C11H19N3O. The molecule has 0 bridgehead atoms. The standard InChI is InChI=1S/C11H19N3O/c1-5-15-11-9(4)10(13-7-14-11)12-6-8(2)3/h7-8H,5-6H2,1-4H3,(H,12,13,14). The topological polar surface area (TPSA) is 47.0 Å². The maximum absolute atomic E-state index is 5.39. The highest BCUT2D eigenvalue weighted by atomic mass is 16.5. The van der Waals surface area contributed by atoms with Crippen LogP contribution < -0.4 is 10.1 Å². The fraction of sp³-hybridized carbons (Fsp3) is 0.636. The Morgan fingerprint density at radius 3 is 2.73 bits per heavy atom. The molecule has 1 rings (SSSR count). The van der Waals surface area contributed by atoms with Crippen LogP contribution in [-0.4, -0.2) is 23.1 Å². The second-order valence-corrected chi connectivity index (χ2v) is 3.86. The zero-order valence-electron chi connectivity index (χ0n) is 9.87. The molecule has 0 spiro atoms. The maximum atomic E-state index is 5.39. The Morgan fingerprint density at radius 2 is 2.13 bits per heavy atom. The van der Waals surface area contributed by atoms with E-state index in [2.05, 4.69) is 29.1 Å². The minimum Gasteiger partial charge on any atom is -0.478 e. The van der Waals surface area contributed by atoms with Gasteiger partial charge in [0.25, 0.3) is 0 Å². The molecule has 0 aliphatic carbocycles. The summed E-state index contributed by atoms with van der Waals surface area (Å²) in [6.45, 7) is 9.77. The van der Waals surface area contributed by atoms with Crippen molar-refractivity contribution in [3.63, 3.8) is 0 Å². The van der Waals surface area contributed by atoms with Crippen LogP contribution in [0.2, 0.25) is 0 Å². The van der Waals surface area contributed by atoms with Crippen LogP contribution in [0.3, 0.4) is 0 Å². The van der Waals surface area contributed by atoms with Gasteiger partial charge in [-0.15, -0.1) is 0 Å². The molecule has 0 saturated heterocycles. The molecule has 1 aromatic rings. The Bertz CT molecular complexity index is 313. The van der Waals surface area contributed by atoms with Gasteiger partial charge in [-0.2, -0.15) is 0 Å². The van der Waals surface area contributed by atoms with Crippen molar-refractivity contribution < 1.29 is 4.74 Å². The quantitative estimate of drug-likeness (QED) is 0.808. The molecule has 1 aromatic heterocycles. The number of anilines is 1. The molecular weight excluding hydrogens is 190 g/mol. The second kappa shape index (κ2) is 5.53.